The number of ether oxygens (including phenoxy) is 4. The average molecular weight is 569 g/mol. The molecule has 1 aromatic heterocycles. The lowest BCUT2D eigenvalue weighted by Crippen LogP contribution is -2.80. The predicted octanol–water partition coefficient (Wildman–Crippen LogP) is 4.80. The molecule has 1 N–H and O–H groups in total. The topological polar surface area (TPSA) is 122 Å². The summed E-state index contributed by atoms with van der Waals surface area (Å²) in [5, 5.41) is 12.6. The number of hydrogen-bond donors (Lipinski definition) is 1. The molecule has 9 atom stereocenters. The Kier molecular flexibility index (Phi) is 6.40. The third kappa shape index (κ3) is 3.63. The molecule has 0 aromatic carbocycles. The second-order valence-electron chi connectivity index (χ2n) is 13.3. The number of allylic oxidation sites excluding steroid dienone is 2. The summed E-state index contributed by atoms with van der Waals surface area (Å²) in [5.74, 6) is -3.93. The fraction of sp³-hybridized carbons (Fsp3) is 0.656. The van der Waals surface area contributed by atoms with Gasteiger partial charge in [-0.25, -0.2) is 4.79 Å². The van der Waals surface area contributed by atoms with Gasteiger partial charge in [-0.1, -0.05) is 32.4 Å². The zero-order valence-corrected chi connectivity index (χ0v) is 24.7. The monoisotopic (exact) mass is 568 g/mol. The molecule has 0 amide bonds. The summed E-state index contributed by atoms with van der Waals surface area (Å²) >= 11 is 0. The first-order valence-electron chi connectivity index (χ1n) is 14.6. The number of hydrogen-bond acceptors (Lipinski definition) is 9. The van der Waals surface area contributed by atoms with Crippen molar-refractivity contribution in [3.05, 3.63) is 47.0 Å². The van der Waals surface area contributed by atoms with E-state index in [0.29, 0.717) is 18.4 Å². The van der Waals surface area contributed by atoms with Crippen LogP contribution in [-0.2, 0) is 33.3 Å². The zero-order valence-electron chi connectivity index (χ0n) is 24.7. The van der Waals surface area contributed by atoms with Gasteiger partial charge in [-0.3, -0.25) is 9.59 Å². The minimum absolute atomic E-state index is 0.0502. The average Bonchev–Trinajstić information content (AvgIpc) is 3.48. The van der Waals surface area contributed by atoms with Crippen molar-refractivity contribution in [2.45, 2.75) is 84.7 Å². The molecule has 4 bridgehead atoms. The van der Waals surface area contributed by atoms with Crippen LogP contribution in [0.15, 0.2) is 45.8 Å². The molecule has 9 nitrogen and oxygen atoms in total. The van der Waals surface area contributed by atoms with Crippen molar-refractivity contribution in [3.63, 3.8) is 0 Å². The van der Waals surface area contributed by atoms with Crippen molar-refractivity contribution < 1.29 is 42.9 Å². The summed E-state index contributed by atoms with van der Waals surface area (Å²) in [6, 6.07) is 1.83. The number of methoxy groups -OCH3 is 1. The SMILES string of the molecule is C/C=C(\C)C(=O)O[C@@H]1C2CC3=C4CC(=O)O[C@@H](c5ccoc5)[C@]4(C)CC[C@@H]3[C@]3(C)[C@@H](CC(=O)OC)[C@]1(C)CO[C@]23O. The molecule has 3 saturated heterocycles. The van der Waals surface area contributed by atoms with Crippen LogP contribution >= 0.6 is 0 Å². The molecule has 1 unspecified atom stereocenters. The van der Waals surface area contributed by atoms with Crippen molar-refractivity contribution in [3.8, 4) is 0 Å². The number of cyclic esters (lactones) is 1. The molecule has 3 aliphatic carbocycles. The van der Waals surface area contributed by atoms with Crippen LogP contribution in [0.1, 0.15) is 78.4 Å². The third-order valence-corrected chi connectivity index (χ3v) is 11.6. The highest BCUT2D eigenvalue weighted by atomic mass is 16.6. The number of fused-ring (bicyclic) bond motifs is 3. The van der Waals surface area contributed by atoms with Crippen molar-refractivity contribution >= 4 is 17.9 Å². The highest BCUT2D eigenvalue weighted by Crippen LogP contribution is 2.74. The van der Waals surface area contributed by atoms with Crippen LogP contribution in [0.5, 0.6) is 0 Å². The predicted molar refractivity (Wildman–Crippen MR) is 145 cm³/mol. The van der Waals surface area contributed by atoms with E-state index < -0.39 is 52.0 Å². The molecule has 222 valence electrons. The van der Waals surface area contributed by atoms with Crippen LogP contribution in [0.3, 0.4) is 0 Å². The smallest absolute Gasteiger partial charge is 0.333 e. The van der Waals surface area contributed by atoms with E-state index in [1.54, 1.807) is 32.4 Å². The van der Waals surface area contributed by atoms with Crippen LogP contribution in [0.4, 0.5) is 0 Å². The van der Waals surface area contributed by atoms with Gasteiger partial charge in [0.15, 0.2) is 5.79 Å². The molecule has 1 aromatic rings. The number of esters is 3. The minimum Gasteiger partial charge on any atom is -0.472 e. The standard InChI is InChI=1S/C32H40O9/c1-7-17(2)28(35)41-27-22-12-19-20(31(5)23(14-24(33)37-6)30(27,4)16-39-32(22,31)36)8-10-29(3)21(19)13-25(34)40-26(29)18-9-11-38-15-18/h7,9,11,15,20,22-23,26-27,36H,8,10,12-14,16H2,1-6H3/b17-7+/t20-,22?,23-,26-,27+,29+,30-,31+,32+/m0/s1. The summed E-state index contributed by atoms with van der Waals surface area (Å²) in [6.45, 7) is 9.78. The molecule has 0 spiro atoms. The summed E-state index contributed by atoms with van der Waals surface area (Å²) < 4.78 is 29.0. The van der Waals surface area contributed by atoms with E-state index in [9.17, 15) is 19.5 Å². The molecule has 9 heteroatoms. The Balaban J connectivity index is 1.54. The molecular weight excluding hydrogens is 528 g/mol. The van der Waals surface area contributed by atoms with E-state index >= 15 is 0 Å². The quantitative estimate of drug-likeness (QED) is 0.231. The van der Waals surface area contributed by atoms with Crippen LogP contribution in [0.25, 0.3) is 0 Å². The van der Waals surface area contributed by atoms with Crippen LogP contribution in [0, 0.1) is 34.0 Å². The van der Waals surface area contributed by atoms with Crippen molar-refractivity contribution in [2.75, 3.05) is 13.7 Å². The Hall–Kier alpha value is -2.91. The normalized spacial score (nSPS) is 43.1. The van der Waals surface area contributed by atoms with E-state index in [0.717, 1.165) is 23.1 Å². The Morgan fingerprint density at radius 2 is 2.00 bits per heavy atom. The molecule has 41 heavy (non-hydrogen) atoms. The molecule has 2 saturated carbocycles. The van der Waals surface area contributed by atoms with Crippen LogP contribution in [0.2, 0.25) is 0 Å². The lowest BCUT2D eigenvalue weighted by molar-refractivity contribution is -0.438. The zero-order chi connectivity index (χ0) is 29.5. The van der Waals surface area contributed by atoms with Crippen LogP contribution in [-0.4, -0.2) is 48.6 Å². The summed E-state index contributed by atoms with van der Waals surface area (Å²) in [7, 11) is 1.36. The second-order valence-corrected chi connectivity index (χ2v) is 13.3. The maximum absolute atomic E-state index is 13.2. The van der Waals surface area contributed by atoms with E-state index in [-0.39, 0.29) is 37.3 Å². The molecular formula is C32H40O9. The molecule has 0 radical (unpaired) electrons. The maximum Gasteiger partial charge on any atom is 0.333 e. The number of rotatable bonds is 5. The number of carbonyl (C=O) groups is 3. The van der Waals surface area contributed by atoms with Crippen molar-refractivity contribution in [1.82, 2.24) is 0 Å². The minimum atomic E-state index is -1.64. The lowest BCUT2D eigenvalue weighted by Gasteiger charge is -2.74. The first-order chi connectivity index (χ1) is 19.3. The van der Waals surface area contributed by atoms with Crippen molar-refractivity contribution in [2.24, 2.45) is 34.0 Å². The summed E-state index contributed by atoms with van der Waals surface area (Å²) in [4.78, 5) is 39.2. The molecule has 3 aliphatic heterocycles. The Morgan fingerprint density at radius 1 is 1.24 bits per heavy atom. The third-order valence-electron chi connectivity index (χ3n) is 11.6. The van der Waals surface area contributed by atoms with Crippen LogP contribution < -0.4 is 0 Å². The molecule has 7 rings (SSSR count). The van der Waals surface area contributed by atoms with E-state index in [2.05, 4.69) is 6.92 Å². The highest BCUT2D eigenvalue weighted by Gasteiger charge is 2.79. The van der Waals surface area contributed by atoms with Gasteiger partial charge in [-0.2, -0.15) is 0 Å². The Bertz CT molecular complexity index is 1340. The van der Waals surface area contributed by atoms with Gasteiger partial charge in [0.25, 0.3) is 0 Å². The lowest BCUT2D eigenvalue weighted by atomic mass is 9.37. The van der Waals surface area contributed by atoms with Gasteiger partial charge < -0.3 is 28.5 Å². The Morgan fingerprint density at radius 3 is 2.66 bits per heavy atom. The second kappa shape index (κ2) is 9.30. The number of furan rings is 1. The summed E-state index contributed by atoms with van der Waals surface area (Å²) in [5.41, 5.74) is 1.27. The molecule has 4 heterocycles. The van der Waals surface area contributed by atoms with Gasteiger partial charge in [0.05, 0.1) is 38.6 Å². The van der Waals surface area contributed by atoms with Gasteiger partial charge in [0.2, 0.25) is 0 Å². The first kappa shape index (κ1) is 28.2. The maximum atomic E-state index is 13.2. The van der Waals surface area contributed by atoms with E-state index in [1.807, 2.05) is 19.9 Å². The first-order valence-corrected chi connectivity index (χ1v) is 14.6. The number of aliphatic hydroxyl groups is 1. The number of carbonyl (C=O) groups excluding carboxylic acids is 3. The van der Waals surface area contributed by atoms with E-state index in [4.69, 9.17) is 23.4 Å². The fourth-order valence-electron chi connectivity index (χ4n) is 9.31. The molecule has 6 aliphatic rings. The van der Waals surface area contributed by atoms with Gasteiger partial charge in [0, 0.05) is 33.8 Å². The van der Waals surface area contributed by atoms with Gasteiger partial charge in [0.1, 0.15) is 12.2 Å². The molecule has 5 fully saturated rings. The van der Waals surface area contributed by atoms with Gasteiger partial charge >= 0.3 is 17.9 Å². The fourth-order valence-corrected chi connectivity index (χ4v) is 9.31. The van der Waals surface area contributed by atoms with Gasteiger partial charge in [-0.05, 0) is 56.6 Å². The Labute approximate surface area is 240 Å². The summed E-state index contributed by atoms with van der Waals surface area (Å²) in [6.07, 6.45) is 5.75. The van der Waals surface area contributed by atoms with Gasteiger partial charge in [-0.15, -0.1) is 0 Å². The largest absolute Gasteiger partial charge is 0.472 e. The highest BCUT2D eigenvalue weighted by molar-refractivity contribution is 5.87. The van der Waals surface area contributed by atoms with E-state index in [1.165, 1.54) is 7.11 Å². The van der Waals surface area contributed by atoms with Crippen molar-refractivity contribution in [1.29, 1.82) is 0 Å².